The van der Waals surface area contributed by atoms with Crippen LogP contribution in [0.5, 0.6) is 0 Å². The van der Waals surface area contributed by atoms with Crippen molar-refractivity contribution >= 4 is 40.6 Å². The molecule has 2 N–H and O–H groups in total. The molecule has 9 heteroatoms. The van der Waals surface area contributed by atoms with E-state index in [1.54, 1.807) is 12.1 Å². The molecule has 1 heterocycles. The maximum absolute atomic E-state index is 12.1. The van der Waals surface area contributed by atoms with Gasteiger partial charge in [-0.25, -0.2) is 0 Å². The fourth-order valence-corrected chi connectivity index (χ4v) is 3.73. The second-order valence-corrected chi connectivity index (χ2v) is 7.50. The molecule has 1 aromatic heterocycles. The summed E-state index contributed by atoms with van der Waals surface area (Å²) in [6.07, 6.45) is 0. The van der Waals surface area contributed by atoms with Gasteiger partial charge in [-0.05, 0) is 45.0 Å². The fourth-order valence-electron chi connectivity index (χ4n) is 2.11. The zero-order chi connectivity index (χ0) is 18.2. The van der Waals surface area contributed by atoms with Gasteiger partial charge in [0.1, 0.15) is 5.01 Å². The summed E-state index contributed by atoms with van der Waals surface area (Å²) in [5.41, 5.74) is 6.38. The summed E-state index contributed by atoms with van der Waals surface area (Å²) >= 11 is 2.71. The summed E-state index contributed by atoms with van der Waals surface area (Å²) in [7, 11) is 0. The Morgan fingerprint density at radius 1 is 1.12 bits per heavy atom. The van der Waals surface area contributed by atoms with Crippen LogP contribution in [0.1, 0.15) is 29.2 Å². The van der Waals surface area contributed by atoms with Crippen LogP contribution < -0.4 is 15.8 Å². The molecule has 2 rings (SSSR count). The summed E-state index contributed by atoms with van der Waals surface area (Å²) in [5.74, 6) is -0.488. The third-order valence-corrected chi connectivity index (χ3v) is 5.38. The molecule has 0 aliphatic heterocycles. The molecule has 0 atom stereocenters. The minimum atomic E-state index is -0.351. The highest BCUT2D eigenvalue weighted by Gasteiger charge is 2.10. The average Bonchev–Trinajstić information content (AvgIpc) is 3.05. The summed E-state index contributed by atoms with van der Waals surface area (Å²) in [6, 6.07) is 7.29. The highest BCUT2D eigenvalue weighted by molar-refractivity contribution is 8.01. The summed E-state index contributed by atoms with van der Waals surface area (Å²) in [5, 5.41) is 8.66. The largest absolute Gasteiger partial charge is 0.372 e. The number of anilines is 1. The van der Waals surface area contributed by atoms with Crippen molar-refractivity contribution in [3.05, 3.63) is 34.8 Å². The second kappa shape index (κ2) is 9.38. The van der Waals surface area contributed by atoms with Crippen LogP contribution in [0, 0.1) is 6.92 Å². The maximum atomic E-state index is 12.1. The lowest BCUT2D eigenvalue weighted by molar-refractivity contribution is -0.119. The highest BCUT2D eigenvalue weighted by Crippen LogP contribution is 2.21. The molecular formula is C16H21N5O2S2. The van der Waals surface area contributed by atoms with Crippen molar-refractivity contribution < 1.29 is 9.59 Å². The van der Waals surface area contributed by atoms with Crippen LogP contribution in [-0.4, -0.2) is 40.9 Å². The normalized spacial score (nSPS) is 10.4. The van der Waals surface area contributed by atoms with Gasteiger partial charge in [0.05, 0.1) is 5.75 Å². The van der Waals surface area contributed by atoms with Crippen LogP contribution in [0.15, 0.2) is 28.6 Å². The number of hydrogen-bond acceptors (Lipinski definition) is 7. The Kier molecular flexibility index (Phi) is 7.20. The van der Waals surface area contributed by atoms with Crippen LogP contribution in [0.3, 0.4) is 0 Å². The molecule has 2 amide bonds. The molecule has 0 saturated carbocycles. The molecule has 0 aliphatic carbocycles. The number of carbonyl (C=O) groups excluding carboxylic acids is 2. The minimum absolute atomic E-state index is 0.163. The van der Waals surface area contributed by atoms with E-state index in [0.29, 0.717) is 5.56 Å². The van der Waals surface area contributed by atoms with Crippen molar-refractivity contribution in [1.82, 2.24) is 21.0 Å². The van der Waals surface area contributed by atoms with Gasteiger partial charge in [0.25, 0.3) is 5.91 Å². The van der Waals surface area contributed by atoms with Gasteiger partial charge < -0.3 is 4.90 Å². The van der Waals surface area contributed by atoms with Crippen molar-refractivity contribution in [2.75, 3.05) is 23.7 Å². The molecule has 0 bridgehead atoms. The summed E-state index contributed by atoms with van der Waals surface area (Å²) in [6.45, 7) is 7.84. The molecule has 25 heavy (non-hydrogen) atoms. The van der Waals surface area contributed by atoms with Gasteiger partial charge >= 0.3 is 0 Å². The van der Waals surface area contributed by atoms with Crippen LogP contribution in [-0.2, 0) is 4.79 Å². The number of rotatable bonds is 7. The standard InChI is InChI=1S/C16H21N5O2S2/c1-4-21(5-2)13-8-6-12(7-9-13)15(23)19-18-14(22)10-24-16-20-17-11(3)25-16/h6-9H,4-5,10H2,1-3H3,(H,18,22)(H,19,23). The Balaban J connectivity index is 1.80. The van der Waals surface area contributed by atoms with Gasteiger partial charge in [-0.15, -0.1) is 10.2 Å². The summed E-state index contributed by atoms with van der Waals surface area (Å²) in [4.78, 5) is 26.1. The third kappa shape index (κ3) is 5.71. The van der Waals surface area contributed by atoms with E-state index in [2.05, 4.69) is 39.8 Å². The first-order valence-electron chi connectivity index (χ1n) is 7.90. The van der Waals surface area contributed by atoms with Crippen molar-refractivity contribution in [2.24, 2.45) is 0 Å². The molecular weight excluding hydrogens is 358 g/mol. The van der Waals surface area contributed by atoms with E-state index in [9.17, 15) is 9.59 Å². The van der Waals surface area contributed by atoms with Crippen LogP contribution in [0.2, 0.25) is 0 Å². The van der Waals surface area contributed by atoms with Gasteiger partial charge in [0.2, 0.25) is 5.91 Å². The predicted octanol–water partition coefficient (Wildman–Crippen LogP) is 2.25. The van der Waals surface area contributed by atoms with E-state index in [0.717, 1.165) is 28.1 Å². The number of aromatic nitrogens is 2. The number of nitrogens with zero attached hydrogens (tertiary/aromatic N) is 3. The first-order valence-corrected chi connectivity index (χ1v) is 9.70. The smallest absolute Gasteiger partial charge is 0.269 e. The van der Waals surface area contributed by atoms with E-state index in [4.69, 9.17) is 0 Å². The number of carbonyl (C=O) groups is 2. The zero-order valence-corrected chi connectivity index (χ0v) is 16.0. The van der Waals surface area contributed by atoms with E-state index in [-0.39, 0.29) is 17.6 Å². The number of aryl methyl sites for hydroxylation is 1. The lowest BCUT2D eigenvalue weighted by Crippen LogP contribution is -2.42. The van der Waals surface area contributed by atoms with Crippen molar-refractivity contribution in [1.29, 1.82) is 0 Å². The van der Waals surface area contributed by atoms with Crippen molar-refractivity contribution in [3.63, 3.8) is 0 Å². The Morgan fingerprint density at radius 2 is 1.80 bits per heavy atom. The minimum Gasteiger partial charge on any atom is -0.372 e. The number of amides is 2. The Morgan fingerprint density at radius 3 is 2.36 bits per heavy atom. The summed E-state index contributed by atoms with van der Waals surface area (Å²) < 4.78 is 0.728. The lowest BCUT2D eigenvalue weighted by Gasteiger charge is -2.21. The van der Waals surface area contributed by atoms with E-state index < -0.39 is 0 Å². The van der Waals surface area contributed by atoms with Gasteiger partial charge in [0.15, 0.2) is 4.34 Å². The maximum Gasteiger partial charge on any atom is 0.269 e. The number of thioether (sulfide) groups is 1. The third-order valence-electron chi connectivity index (χ3n) is 3.41. The molecule has 0 radical (unpaired) electrons. The van der Waals surface area contributed by atoms with Crippen LogP contribution >= 0.6 is 23.1 Å². The van der Waals surface area contributed by atoms with E-state index >= 15 is 0 Å². The number of hydrogen-bond donors (Lipinski definition) is 2. The predicted molar refractivity (Wildman–Crippen MR) is 101 cm³/mol. The SMILES string of the molecule is CCN(CC)c1ccc(C(=O)NNC(=O)CSc2nnc(C)s2)cc1. The van der Waals surface area contributed by atoms with Crippen molar-refractivity contribution in [2.45, 2.75) is 25.1 Å². The van der Waals surface area contributed by atoms with E-state index in [1.165, 1.54) is 23.1 Å². The Hall–Kier alpha value is -2.13. The van der Waals surface area contributed by atoms with Crippen molar-refractivity contribution in [3.8, 4) is 0 Å². The molecule has 7 nitrogen and oxygen atoms in total. The quantitative estimate of drug-likeness (QED) is 0.567. The number of benzene rings is 1. The number of nitrogens with one attached hydrogen (secondary N) is 2. The fraction of sp³-hybridized carbons (Fsp3) is 0.375. The van der Waals surface area contributed by atoms with Gasteiger partial charge in [0, 0.05) is 24.3 Å². The average molecular weight is 380 g/mol. The van der Waals surface area contributed by atoms with Crippen LogP contribution in [0.25, 0.3) is 0 Å². The van der Waals surface area contributed by atoms with Gasteiger partial charge in [-0.1, -0.05) is 23.1 Å². The monoisotopic (exact) mass is 379 g/mol. The molecule has 2 aromatic rings. The van der Waals surface area contributed by atoms with Gasteiger partial charge in [-0.3, -0.25) is 20.4 Å². The Labute approximate surface area is 155 Å². The first-order chi connectivity index (χ1) is 12.0. The number of hydrazine groups is 1. The Bertz CT molecular complexity index is 714. The topological polar surface area (TPSA) is 87.2 Å². The molecule has 1 aromatic carbocycles. The molecule has 0 aliphatic rings. The van der Waals surface area contributed by atoms with Crippen LogP contribution in [0.4, 0.5) is 5.69 Å². The molecule has 0 spiro atoms. The highest BCUT2D eigenvalue weighted by atomic mass is 32.2. The lowest BCUT2D eigenvalue weighted by atomic mass is 10.2. The zero-order valence-electron chi connectivity index (χ0n) is 14.4. The molecule has 134 valence electrons. The first kappa shape index (κ1) is 19.2. The molecule has 0 saturated heterocycles. The van der Waals surface area contributed by atoms with E-state index in [1.807, 2.05) is 19.1 Å². The molecule has 0 fully saturated rings. The van der Waals surface area contributed by atoms with Gasteiger partial charge in [-0.2, -0.15) is 0 Å². The second-order valence-electron chi connectivity index (χ2n) is 5.10. The molecule has 0 unspecified atom stereocenters.